The molecule has 0 radical (unpaired) electrons. The predicted octanol–water partition coefficient (Wildman–Crippen LogP) is 1.65. The van der Waals surface area contributed by atoms with E-state index in [1.54, 1.807) is 13.8 Å². The number of carbonyl (C=O) groups is 1. The lowest BCUT2D eigenvalue weighted by atomic mass is 9.94. The van der Waals surface area contributed by atoms with Crippen LogP contribution in [0.5, 0.6) is 0 Å². The van der Waals surface area contributed by atoms with Crippen molar-refractivity contribution in [3.63, 3.8) is 0 Å². The van der Waals surface area contributed by atoms with Crippen LogP contribution in [0, 0.1) is 17.0 Å². The molecule has 2 aromatic rings. The van der Waals surface area contributed by atoms with E-state index in [1.807, 2.05) is 0 Å². The quantitative estimate of drug-likeness (QED) is 0.907. The van der Waals surface area contributed by atoms with Crippen LogP contribution in [0.2, 0.25) is 0 Å². The van der Waals surface area contributed by atoms with Crippen molar-refractivity contribution in [1.29, 1.82) is 0 Å². The molecule has 112 valence electrons. The third-order valence-electron chi connectivity index (χ3n) is 3.08. The number of halogens is 2. The summed E-state index contributed by atoms with van der Waals surface area (Å²) in [5.41, 5.74) is -0.545. The molecule has 0 amide bonds. The average Bonchev–Trinajstić information content (AvgIpc) is 2.80. The van der Waals surface area contributed by atoms with Gasteiger partial charge in [0.25, 0.3) is 0 Å². The normalized spacial score (nSPS) is 11.6. The molecule has 1 heterocycles. The van der Waals surface area contributed by atoms with Gasteiger partial charge in [0.05, 0.1) is 12.0 Å². The Balaban J connectivity index is 2.21. The van der Waals surface area contributed by atoms with E-state index in [0.29, 0.717) is 11.4 Å². The lowest BCUT2D eigenvalue weighted by molar-refractivity contribution is -0.147. The zero-order chi connectivity index (χ0) is 15.6. The topological polar surface area (TPSA) is 80.9 Å². The third-order valence-corrected chi connectivity index (χ3v) is 3.08. The largest absolute Gasteiger partial charge is 0.481 e. The van der Waals surface area contributed by atoms with Gasteiger partial charge in [-0.25, -0.2) is 13.5 Å². The molecule has 0 bridgehead atoms. The molecule has 0 fully saturated rings. The highest BCUT2D eigenvalue weighted by Gasteiger charge is 2.29. The second-order valence-corrected chi connectivity index (χ2v) is 5.37. The fraction of sp³-hybridized carbons (Fsp3) is 0.385. The molecule has 0 aliphatic heterocycles. The summed E-state index contributed by atoms with van der Waals surface area (Å²) in [5.74, 6) is -2.46. The number of nitrogens with zero attached hydrogens (tertiary/aromatic N) is 4. The van der Waals surface area contributed by atoms with E-state index in [0.717, 1.165) is 12.1 Å². The van der Waals surface area contributed by atoms with Crippen molar-refractivity contribution in [1.82, 2.24) is 20.2 Å². The molecule has 1 aromatic carbocycles. The Morgan fingerprint density at radius 1 is 1.33 bits per heavy atom. The molecule has 0 atom stereocenters. The first-order valence-corrected chi connectivity index (χ1v) is 6.22. The van der Waals surface area contributed by atoms with Gasteiger partial charge in [0, 0.05) is 6.42 Å². The van der Waals surface area contributed by atoms with Crippen LogP contribution >= 0.6 is 0 Å². The number of hydrogen-bond donors (Lipinski definition) is 1. The maximum atomic E-state index is 13.2. The molecule has 0 aliphatic rings. The highest BCUT2D eigenvalue weighted by Crippen LogP contribution is 2.19. The van der Waals surface area contributed by atoms with Crippen molar-refractivity contribution in [2.24, 2.45) is 5.41 Å². The molecule has 6 nitrogen and oxygen atoms in total. The highest BCUT2D eigenvalue weighted by molar-refractivity contribution is 5.73. The monoisotopic (exact) mass is 296 g/mol. The van der Waals surface area contributed by atoms with Crippen molar-refractivity contribution in [3.8, 4) is 0 Å². The maximum Gasteiger partial charge on any atom is 0.310 e. The Morgan fingerprint density at radius 3 is 2.67 bits per heavy atom. The van der Waals surface area contributed by atoms with E-state index in [9.17, 15) is 13.6 Å². The molecule has 8 heteroatoms. The second-order valence-electron chi connectivity index (χ2n) is 5.37. The zero-order valence-corrected chi connectivity index (χ0v) is 11.5. The smallest absolute Gasteiger partial charge is 0.310 e. The maximum absolute atomic E-state index is 13.2. The second kappa shape index (κ2) is 5.55. The van der Waals surface area contributed by atoms with Crippen molar-refractivity contribution in [2.45, 2.75) is 26.8 Å². The number of hydrogen-bond acceptors (Lipinski definition) is 4. The minimum absolute atomic E-state index is 0.0777. The Hall–Kier alpha value is -2.38. The van der Waals surface area contributed by atoms with E-state index in [2.05, 4.69) is 15.5 Å². The molecule has 2 rings (SSSR count). The van der Waals surface area contributed by atoms with Gasteiger partial charge in [-0.05, 0) is 42.0 Å². The van der Waals surface area contributed by atoms with Crippen LogP contribution in [0.15, 0.2) is 18.2 Å². The number of aliphatic carboxylic acids is 1. The lowest BCUT2D eigenvalue weighted by Crippen LogP contribution is -2.30. The van der Waals surface area contributed by atoms with E-state index >= 15 is 0 Å². The Morgan fingerprint density at radius 2 is 2.05 bits per heavy atom. The fourth-order valence-electron chi connectivity index (χ4n) is 1.75. The minimum atomic E-state index is -1.04. The van der Waals surface area contributed by atoms with Gasteiger partial charge in [-0.3, -0.25) is 4.79 Å². The molecule has 0 spiro atoms. The Kier molecular flexibility index (Phi) is 3.97. The van der Waals surface area contributed by atoms with Gasteiger partial charge in [0.2, 0.25) is 0 Å². The van der Waals surface area contributed by atoms with Crippen molar-refractivity contribution >= 4 is 5.97 Å². The molecule has 0 aliphatic carbocycles. The summed E-state index contributed by atoms with van der Waals surface area (Å²) in [5, 5.41) is 20.2. The van der Waals surface area contributed by atoms with Gasteiger partial charge in [-0.15, -0.1) is 5.10 Å². The predicted molar refractivity (Wildman–Crippen MR) is 68.4 cm³/mol. The van der Waals surface area contributed by atoms with Crippen LogP contribution in [-0.4, -0.2) is 31.3 Å². The minimum Gasteiger partial charge on any atom is -0.481 e. The summed E-state index contributed by atoms with van der Waals surface area (Å²) in [6, 6.07) is 3.52. The van der Waals surface area contributed by atoms with Gasteiger partial charge in [0.15, 0.2) is 17.5 Å². The van der Waals surface area contributed by atoms with Crippen LogP contribution in [0.1, 0.15) is 25.2 Å². The number of aromatic nitrogens is 4. The standard InChI is InChI=1S/C13H14F2N4O2/c1-13(2,12(20)21)7-19-11(16-17-18-19)6-8-3-4-9(14)10(15)5-8/h3-5H,6-7H2,1-2H3,(H,20,21). The lowest BCUT2D eigenvalue weighted by Gasteiger charge is -2.19. The number of carboxylic acids is 1. The molecule has 1 aromatic heterocycles. The number of tetrazole rings is 1. The molecule has 0 saturated heterocycles. The van der Waals surface area contributed by atoms with E-state index in [4.69, 9.17) is 5.11 Å². The summed E-state index contributed by atoms with van der Waals surface area (Å²) in [6.45, 7) is 3.19. The SMILES string of the molecule is CC(C)(Cn1nnnc1Cc1ccc(F)c(F)c1)C(=O)O. The third kappa shape index (κ3) is 3.39. The van der Waals surface area contributed by atoms with Gasteiger partial charge in [-0.2, -0.15) is 0 Å². The Labute approximate surface area is 119 Å². The van der Waals surface area contributed by atoms with Crippen molar-refractivity contribution < 1.29 is 18.7 Å². The van der Waals surface area contributed by atoms with Crippen LogP contribution in [0.4, 0.5) is 8.78 Å². The first kappa shape index (κ1) is 15.0. The van der Waals surface area contributed by atoms with Crippen LogP contribution in [-0.2, 0) is 17.8 Å². The van der Waals surface area contributed by atoms with Gasteiger partial charge < -0.3 is 5.11 Å². The van der Waals surface area contributed by atoms with Crippen molar-refractivity contribution in [2.75, 3.05) is 0 Å². The fourth-order valence-corrected chi connectivity index (χ4v) is 1.75. The molecule has 1 N–H and O–H groups in total. The van der Waals surface area contributed by atoms with Gasteiger partial charge in [0.1, 0.15) is 0 Å². The molecule has 0 saturated carbocycles. The summed E-state index contributed by atoms with van der Waals surface area (Å²) in [6.07, 6.45) is 0.180. The van der Waals surface area contributed by atoms with E-state index in [1.165, 1.54) is 10.7 Å². The first-order valence-electron chi connectivity index (χ1n) is 6.22. The first-order chi connectivity index (χ1) is 9.79. The summed E-state index contributed by atoms with van der Waals surface area (Å²) < 4.78 is 27.4. The Bertz CT molecular complexity index is 670. The summed E-state index contributed by atoms with van der Waals surface area (Å²) >= 11 is 0. The number of carboxylic acid groups (broad SMARTS) is 1. The van der Waals surface area contributed by atoms with Crippen LogP contribution < -0.4 is 0 Å². The summed E-state index contributed by atoms with van der Waals surface area (Å²) in [7, 11) is 0. The van der Waals surface area contributed by atoms with E-state index < -0.39 is 23.0 Å². The molecular weight excluding hydrogens is 282 g/mol. The average molecular weight is 296 g/mol. The number of rotatable bonds is 5. The van der Waals surface area contributed by atoms with Gasteiger partial charge >= 0.3 is 5.97 Å². The molecule has 0 unspecified atom stereocenters. The van der Waals surface area contributed by atoms with Gasteiger partial charge in [-0.1, -0.05) is 6.07 Å². The number of benzene rings is 1. The summed E-state index contributed by atoms with van der Waals surface area (Å²) in [4.78, 5) is 11.1. The molecule has 21 heavy (non-hydrogen) atoms. The van der Waals surface area contributed by atoms with Crippen LogP contribution in [0.3, 0.4) is 0 Å². The molecular formula is C13H14F2N4O2. The van der Waals surface area contributed by atoms with Crippen LogP contribution in [0.25, 0.3) is 0 Å². The highest BCUT2D eigenvalue weighted by atomic mass is 19.2. The van der Waals surface area contributed by atoms with E-state index in [-0.39, 0.29) is 13.0 Å². The van der Waals surface area contributed by atoms with Crippen molar-refractivity contribution in [3.05, 3.63) is 41.2 Å². The zero-order valence-electron chi connectivity index (χ0n) is 11.5.